The summed E-state index contributed by atoms with van der Waals surface area (Å²) in [6, 6.07) is 0. The van der Waals surface area contributed by atoms with Crippen LogP contribution in [0.5, 0.6) is 0 Å². The van der Waals surface area contributed by atoms with Crippen LogP contribution >= 0.6 is 11.8 Å². The molecule has 2 atom stereocenters. The highest BCUT2D eigenvalue weighted by atomic mass is 32.2. The Labute approximate surface area is 182 Å². The van der Waals surface area contributed by atoms with Crippen molar-refractivity contribution in [3.63, 3.8) is 0 Å². The molecule has 0 aliphatic carbocycles. The van der Waals surface area contributed by atoms with Crippen molar-refractivity contribution in [2.45, 2.75) is 102 Å². The van der Waals surface area contributed by atoms with Gasteiger partial charge < -0.3 is 14.6 Å². The molecule has 5 nitrogen and oxygen atoms in total. The minimum Gasteiger partial charge on any atom is -0.469 e. The van der Waals surface area contributed by atoms with Crippen LogP contribution in [-0.2, 0) is 19.1 Å². The van der Waals surface area contributed by atoms with Crippen LogP contribution in [-0.4, -0.2) is 48.4 Å². The normalized spacial score (nSPS) is 13.4. The number of ether oxygens (including phenoxy) is 2. The maximum Gasteiger partial charge on any atom is 0.308 e. The standard InChI is InChI=1S/C23H42O5S/c1-4-5-6-7-8-9-10-11-12-13-14-15-16-21(20(24)19-23(26)28-3)29-18-17-22(25)27-2/h15-16,20-21,24H,4-14,17-19H2,1-3H3/b16-15-/i23+1. The van der Waals surface area contributed by atoms with Gasteiger partial charge in [-0.1, -0.05) is 76.9 Å². The zero-order valence-corrected chi connectivity index (χ0v) is 19.5. The van der Waals surface area contributed by atoms with E-state index < -0.39 is 12.1 Å². The van der Waals surface area contributed by atoms with Gasteiger partial charge in [-0.3, -0.25) is 9.59 Å². The van der Waals surface area contributed by atoms with Crippen molar-refractivity contribution >= 4 is 23.7 Å². The van der Waals surface area contributed by atoms with E-state index in [9.17, 15) is 14.7 Å². The molecule has 29 heavy (non-hydrogen) atoms. The number of esters is 2. The summed E-state index contributed by atoms with van der Waals surface area (Å²) in [5.74, 6) is -0.162. The summed E-state index contributed by atoms with van der Waals surface area (Å²) in [4.78, 5) is 22.7. The van der Waals surface area contributed by atoms with Gasteiger partial charge >= 0.3 is 11.9 Å². The molecular formula is C23H42O5S. The molecule has 0 heterocycles. The average molecular weight is 432 g/mol. The van der Waals surface area contributed by atoms with Gasteiger partial charge in [0.1, 0.15) is 0 Å². The first-order valence-corrected chi connectivity index (χ1v) is 12.2. The largest absolute Gasteiger partial charge is 0.469 e. The Morgan fingerprint density at radius 1 is 0.897 bits per heavy atom. The molecule has 0 saturated carbocycles. The van der Waals surface area contributed by atoms with Gasteiger partial charge in [-0.05, 0) is 12.8 Å². The van der Waals surface area contributed by atoms with E-state index in [0.717, 1.165) is 12.8 Å². The highest BCUT2D eigenvalue weighted by molar-refractivity contribution is 8.00. The summed E-state index contributed by atoms with van der Waals surface area (Å²) in [5, 5.41) is 10.1. The molecule has 0 radical (unpaired) electrons. The van der Waals surface area contributed by atoms with Crippen LogP contribution in [0.1, 0.15) is 90.4 Å². The number of allylic oxidation sites excluding steroid dienone is 1. The number of hydrogen-bond donors (Lipinski definition) is 1. The van der Waals surface area contributed by atoms with Gasteiger partial charge in [0.05, 0.1) is 33.2 Å². The van der Waals surface area contributed by atoms with Crippen molar-refractivity contribution in [3.8, 4) is 0 Å². The average Bonchev–Trinajstić information content (AvgIpc) is 2.72. The molecule has 2 unspecified atom stereocenters. The molecule has 0 aliphatic rings. The van der Waals surface area contributed by atoms with Crippen LogP contribution in [0.4, 0.5) is 0 Å². The van der Waals surface area contributed by atoms with Gasteiger partial charge in [-0.2, -0.15) is 11.8 Å². The van der Waals surface area contributed by atoms with Crippen molar-refractivity contribution in [2.24, 2.45) is 0 Å². The number of unbranched alkanes of at least 4 members (excludes halogenated alkanes) is 10. The number of aliphatic hydroxyl groups is 1. The van der Waals surface area contributed by atoms with E-state index >= 15 is 0 Å². The van der Waals surface area contributed by atoms with Crippen LogP contribution in [0, 0.1) is 0 Å². The highest BCUT2D eigenvalue weighted by Gasteiger charge is 2.21. The number of hydrogen-bond acceptors (Lipinski definition) is 6. The number of aliphatic hydroxyl groups excluding tert-OH is 1. The molecule has 1 N–H and O–H groups in total. The number of carbonyl (C=O) groups is 2. The third kappa shape index (κ3) is 17.6. The lowest BCUT2D eigenvalue weighted by molar-refractivity contribution is -0.143. The summed E-state index contributed by atoms with van der Waals surface area (Å²) in [7, 11) is 2.68. The Balaban J connectivity index is 4.06. The van der Waals surface area contributed by atoms with Crippen molar-refractivity contribution in [3.05, 3.63) is 12.2 Å². The third-order valence-corrected chi connectivity index (χ3v) is 6.17. The molecule has 170 valence electrons. The molecule has 0 aliphatic heterocycles. The summed E-state index contributed by atoms with van der Waals surface area (Å²) in [6.45, 7) is 2.25. The van der Waals surface area contributed by atoms with Gasteiger partial charge in [0.25, 0.3) is 0 Å². The Hall–Kier alpha value is -1.01. The third-order valence-electron chi connectivity index (χ3n) is 4.88. The fourth-order valence-electron chi connectivity index (χ4n) is 3.03. The van der Waals surface area contributed by atoms with E-state index in [2.05, 4.69) is 22.5 Å². The fourth-order valence-corrected chi connectivity index (χ4v) is 4.12. The first kappa shape index (κ1) is 28.0. The second-order valence-corrected chi connectivity index (χ2v) is 8.69. The molecule has 6 heteroatoms. The molecule has 0 saturated heterocycles. The Bertz CT molecular complexity index is 439. The fraction of sp³-hybridized carbons (Fsp3) is 0.826. The minimum absolute atomic E-state index is 0.0466. The SMILES string of the molecule is CCCCCCCCCCCC/C=C\C(SCCC(=O)OC)C(O)C[13C](=O)OC. The molecule has 0 fully saturated rings. The summed E-state index contributed by atoms with van der Waals surface area (Å²) < 4.78 is 9.29. The maximum atomic E-state index is 11.4. The molecule has 0 aromatic carbocycles. The molecular weight excluding hydrogens is 389 g/mol. The smallest absolute Gasteiger partial charge is 0.308 e. The van der Waals surface area contributed by atoms with Crippen molar-refractivity contribution in [1.82, 2.24) is 0 Å². The van der Waals surface area contributed by atoms with Gasteiger partial charge in [-0.15, -0.1) is 0 Å². The van der Waals surface area contributed by atoms with Crippen LogP contribution in [0.15, 0.2) is 12.2 Å². The van der Waals surface area contributed by atoms with E-state index in [1.807, 2.05) is 6.08 Å². The first-order valence-electron chi connectivity index (χ1n) is 11.1. The number of thioether (sulfide) groups is 1. The lowest BCUT2D eigenvalue weighted by atomic mass is 10.1. The van der Waals surface area contributed by atoms with E-state index in [-0.39, 0.29) is 24.1 Å². The van der Waals surface area contributed by atoms with E-state index in [1.165, 1.54) is 83.8 Å². The lowest BCUT2D eigenvalue weighted by Crippen LogP contribution is -2.25. The first-order chi connectivity index (χ1) is 14.0. The maximum absolute atomic E-state index is 11.4. The van der Waals surface area contributed by atoms with Crippen molar-refractivity contribution in [2.75, 3.05) is 20.0 Å². The van der Waals surface area contributed by atoms with Crippen LogP contribution in [0.25, 0.3) is 0 Å². The van der Waals surface area contributed by atoms with Gasteiger partial charge in [0, 0.05) is 11.0 Å². The summed E-state index contributed by atoms with van der Waals surface area (Å²) >= 11 is 1.46. The molecule has 0 spiro atoms. The van der Waals surface area contributed by atoms with E-state index in [0.29, 0.717) is 5.75 Å². The van der Waals surface area contributed by atoms with Crippen LogP contribution in [0.3, 0.4) is 0 Å². The predicted molar refractivity (Wildman–Crippen MR) is 121 cm³/mol. The quantitative estimate of drug-likeness (QED) is 0.127. The Morgan fingerprint density at radius 3 is 2.00 bits per heavy atom. The van der Waals surface area contributed by atoms with E-state index in [4.69, 9.17) is 0 Å². The minimum atomic E-state index is -0.825. The summed E-state index contributed by atoms with van der Waals surface area (Å²) in [5.41, 5.74) is 0. The van der Waals surface area contributed by atoms with E-state index in [1.54, 1.807) is 0 Å². The van der Waals surface area contributed by atoms with Gasteiger partial charge in [0.15, 0.2) is 0 Å². The zero-order chi connectivity index (χ0) is 21.7. The second kappa shape index (κ2) is 20.3. The van der Waals surface area contributed by atoms with Gasteiger partial charge in [0.2, 0.25) is 0 Å². The molecule has 0 aromatic heterocycles. The second-order valence-electron chi connectivity index (χ2n) is 7.41. The zero-order valence-electron chi connectivity index (χ0n) is 18.7. The Morgan fingerprint density at radius 2 is 1.45 bits per heavy atom. The van der Waals surface area contributed by atoms with Crippen LogP contribution < -0.4 is 0 Å². The topological polar surface area (TPSA) is 72.8 Å². The number of methoxy groups -OCH3 is 2. The number of rotatable bonds is 19. The van der Waals surface area contributed by atoms with Crippen LogP contribution in [0.2, 0.25) is 0 Å². The molecule has 0 rings (SSSR count). The summed E-state index contributed by atoms with van der Waals surface area (Å²) in [6.07, 6.45) is 17.5. The predicted octanol–water partition coefficient (Wildman–Crippen LogP) is 5.44. The molecule has 0 bridgehead atoms. The lowest BCUT2D eigenvalue weighted by Gasteiger charge is -2.18. The van der Waals surface area contributed by atoms with Gasteiger partial charge in [-0.25, -0.2) is 0 Å². The Kier molecular flexibility index (Phi) is 19.6. The molecule has 0 aromatic rings. The van der Waals surface area contributed by atoms with Crippen molar-refractivity contribution in [1.29, 1.82) is 0 Å². The number of carbonyl (C=O) groups excluding carboxylic acids is 2. The monoisotopic (exact) mass is 431 g/mol. The highest BCUT2D eigenvalue weighted by Crippen LogP contribution is 2.21. The molecule has 0 amide bonds. The van der Waals surface area contributed by atoms with Crippen molar-refractivity contribution < 1.29 is 24.2 Å².